The Hall–Kier alpha value is -3.85. The van der Waals surface area contributed by atoms with E-state index in [9.17, 15) is 22.8 Å². The smallest absolute Gasteiger partial charge is 0.417 e. The van der Waals surface area contributed by atoms with E-state index in [1.54, 1.807) is 15.9 Å². The number of rotatable bonds is 3. The van der Waals surface area contributed by atoms with E-state index in [4.69, 9.17) is 22.2 Å². The van der Waals surface area contributed by atoms with Crippen molar-refractivity contribution in [2.75, 3.05) is 40.9 Å². The van der Waals surface area contributed by atoms with Gasteiger partial charge in [0.25, 0.3) is 5.91 Å². The van der Waals surface area contributed by atoms with Gasteiger partial charge in [-0.25, -0.2) is 4.79 Å². The Kier molecular flexibility index (Phi) is 7.14. The third-order valence-electron chi connectivity index (χ3n) is 7.68. The van der Waals surface area contributed by atoms with Crippen molar-refractivity contribution in [2.24, 2.45) is 0 Å². The molecule has 2 heterocycles. The Morgan fingerprint density at radius 1 is 0.976 bits per heavy atom. The molecule has 1 saturated carbocycles. The van der Waals surface area contributed by atoms with Gasteiger partial charge in [-0.05, 0) is 94.7 Å². The van der Waals surface area contributed by atoms with Crippen molar-refractivity contribution in [1.82, 2.24) is 4.90 Å². The monoisotopic (exact) mass is 585 g/mol. The minimum atomic E-state index is -4.76. The lowest BCUT2D eigenvalue weighted by atomic mass is 9.75. The number of piperazine rings is 1. The number of alkyl halides is 3. The van der Waals surface area contributed by atoms with Gasteiger partial charge in [0.05, 0.1) is 22.9 Å². The summed E-state index contributed by atoms with van der Waals surface area (Å²) in [5.74, 6) is -0.367. The number of carbonyl (C=O) groups excluding carboxylic acids is 2. The van der Waals surface area contributed by atoms with E-state index >= 15 is 0 Å². The molecule has 3 aliphatic rings. The van der Waals surface area contributed by atoms with Crippen LogP contribution in [0.5, 0.6) is 0 Å². The number of carbonyl (C=O) groups is 2. The maximum Gasteiger partial charge on any atom is 0.417 e. The van der Waals surface area contributed by atoms with E-state index in [1.807, 2.05) is 45.0 Å². The zero-order valence-electron chi connectivity index (χ0n) is 23.0. The normalized spacial score (nSPS) is 19.0. The maximum atomic E-state index is 13.7. The van der Waals surface area contributed by atoms with Crippen molar-refractivity contribution >= 4 is 46.4 Å². The predicted octanol–water partition coefficient (Wildman–Crippen LogP) is 5.69. The first-order chi connectivity index (χ1) is 19.2. The van der Waals surface area contributed by atoms with Gasteiger partial charge in [-0.1, -0.05) is 0 Å². The van der Waals surface area contributed by atoms with Crippen molar-refractivity contribution in [1.29, 1.82) is 5.26 Å². The number of thiocarbonyl (C=S) groups is 1. The molecular formula is C29H30F3N5O3S. The maximum absolute atomic E-state index is 13.7. The topological polar surface area (TPSA) is 80.1 Å². The molecule has 0 bridgehead atoms. The molecule has 5 rings (SSSR count). The molecule has 1 aliphatic carbocycles. The van der Waals surface area contributed by atoms with Crippen molar-refractivity contribution in [2.45, 2.75) is 57.3 Å². The first-order valence-corrected chi connectivity index (χ1v) is 13.8. The second-order valence-corrected chi connectivity index (χ2v) is 11.8. The van der Waals surface area contributed by atoms with Gasteiger partial charge in [-0.15, -0.1) is 0 Å². The minimum Gasteiger partial charge on any atom is -0.444 e. The molecule has 0 radical (unpaired) electrons. The number of amides is 2. The summed E-state index contributed by atoms with van der Waals surface area (Å²) in [4.78, 5) is 32.9. The molecule has 2 aromatic carbocycles. The molecule has 0 atom stereocenters. The highest BCUT2D eigenvalue weighted by Crippen LogP contribution is 2.48. The number of halogens is 3. The third kappa shape index (κ3) is 5.19. The van der Waals surface area contributed by atoms with E-state index in [-0.39, 0.29) is 22.8 Å². The molecular weight excluding hydrogens is 555 g/mol. The Morgan fingerprint density at radius 3 is 2.07 bits per heavy atom. The van der Waals surface area contributed by atoms with Gasteiger partial charge in [0.15, 0.2) is 5.11 Å². The van der Waals surface area contributed by atoms with Gasteiger partial charge in [0, 0.05) is 37.6 Å². The molecule has 2 aromatic rings. The average Bonchev–Trinajstić information content (AvgIpc) is 3.13. The Bertz CT molecular complexity index is 1420. The van der Waals surface area contributed by atoms with Crippen LogP contribution in [0.15, 0.2) is 42.5 Å². The molecule has 1 spiro atoms. The van der Waals surface area contributed by atoms with Crippen LogP contribution in [0.1, 0.15) is 51.2 Å². The highest BCUT2D eigenvalue weighted by Gasteiger charge is 2.59. The summed E-state index contributed by atoms with van der Waals surface area (Å²) < 4.78 is 46.4. The Labute approximate surface area is 241 Å². The van der Waals surface area contributed by atoms with E-state index in [2.05, 4.69) is 4.90 Å². The number of benzene rings is 2. The van der Waals surface area contributed by atoms with E-state index in [1.165, 1.54) is 6.07 Å². The van der Waals surface area contributed by atoms with Crippen LogP contribution in [0.2, 0.25) is 0 Å². The molecule has 2 amide bonds. The highest BCUT2D eigenvalue weighted by atomic mass is 32.1. The largest absolute Gasteiger partial charge is 0.444 e. The lowest BCUT2D eigenvalue weighted by molar-refractivity contribution is -0.137. The second kappa shape index (κ2) is 10.2. The van der Waals surface area contributed by atoms with Crippen molar-refractivity contribution in [3.05, 3.63) is 53.6 Å². The van der Waals surface area contributed by atoms with Crippen molar-refractivity contribution in [3.8, 4) is 6.07 Å². The molecule has 2 saturated heterocycles. The van der Waals surface area contributed by atoms with Crippen LogP contribution in [-0.2, 0) is 15.7 Å². The molecule has 3 fully saturated rings. The summed E-state index contributed by atoms with van der Waals surface area (Å²) in [7, 11) is 0. The molecule has 0 unspecified atom stereocenters. The molecule has 216 valence electrons. The Morgan fingerprint density at radius 2 is 1.56 bits per heavy atom. The minimum absolute atomic E-state index is 0.0143. The second-order valence-electron chi connectivity index (χ2n) is 11.5. The first kappa shape index (κ1) is 28.7. The number of nitriles is 1. The number of hydrogen-bond acceptors (Lipinski definition) is 6. The summed E-state index contributed by atoms with van der Waals surface area (Å²) in [6.45, 7) is 7.78. The molecule has 0 N–H and O–H groups in total. The van der Waals surface area contributed by atoms with Crippen molar-refractivity contribution < 1.29 is 27.5 Å². The summed E-state index contributed by atoms with van der Waals surface area (Å²) >= 11 is 5.71. The van der Waals surface area contributed by atoms with Gasteiger partial charge < -0.3 is 19.4 Å². The lowest BCUT2D eigenvalue weighted by Gasteiger charge is -2.43. The van der Waals surface area contributed by atoms with Crippen LogP contribution in [-0.4, -0.2) is 59.3 Å². The van der Waals surface area contributed by atoms with Crippen LogP contribution in [0, 0.1) is 11.3 Å². The van der Waals surface area contributed by atoms with Gasteiger partial charge in [0.1, 0.15) is 11.1 Å². The van der Waals surface area contributed by atoms with E-state index in [0.29, 0.717) is 44.7 Å². The van der Waals surface area contributed by atoms with Crippen LogP contribution >= 0.6 is 12.2 Å². The SMILES string of the molecule is CC(C)(C)OC(=O)N1CCN(c2ccc(N3C(=S)N(c4ccc(C#N)c(C(F)(F)F)c4)C(=O)C34CCC4)cc2)CC1. The third-order valence-corrected chi connectivity index (χ3v) is 8.05. The van der Waals surface area contributed by atoms with Crippen molar-refractivity contribution in [3.63, 3.8) is 0 Å². The zero-order valence-corrected chi connectivity index (χ0v) is 23.8. The van der Waals surface area contributed by atoms with E-state index in [0.717, 1.165) is 29.1 Å². The summed E-state index contributed by atoms with van der Waals surface area (Å²) in [5, 5.41) is 9.27. The fourth-order valence-electron chi connectivity index (χ4n) is 5.50. The fraction of sp³-hybridized carbons (Fsp3) is 0.448. The highest BCUT2D eigenvalue weighted by molar-refractivity contribution is 7.81. The summed E-state index contributed by atoms with van der Waals surface area (Å²) in [6.07, 6.45) is -3.24. The van der Waals surface area contributed by atoms with Crippen LogP contribution in [0.25, 0.3) is 0 Å². The molecule has 12 heteroatoms. The number of ether oxygens (including phenoxy) is 1. The van der Waals surface area contributed by atoms with Crippen LogP contribution < -0.4 is 14.7 Å². The van der Waals surface area contributed by atoms with Crippen LogP contribution in [0.3, 0.4) is 0 Å². The van der Waals surface area contributed by atoms with Gasteiger partial charge in [0.2, 0.25) is 0 Å². The molecule has 8 nitrogen and oxygen atoms in total. The Balaban J connectivity index is 1.36. The summed E-state index contributed by atoms with van der Waals surface area (Å²) in [6, 6.07) is 12.3. The lowest BCUT2D eigenvalue weighted by Crippen LogP contribution is -2.55. The van der Waals surface area contributed by atoms with E-state index < -0.39 is 28.4 Å². The quantitative estimate of drug-likeness (QED) is 0.428. The fourth-order valence-corrected chi connectivity index (χ4v) is 5.97. The standard InChI is InChI=1S/C29H30F3N5O3S/c1-27(2,3)40-26(39)35-15-13-34(14-16-35)20-7-9-21(10-8-20)37-25(41)36(24(38)28(37)11-4-12-28)22-6-5-19(18-33)23(17-22)29(30,31)32/h5-10,17H,4,11-16H2,1-3H3. The number of anilines is 3. The summed E-state index contributed by atoms with van der Waals surface area (Å²) in [5.41, 5.74) is -1.54. The van der Waals surface area contributed by atoms with Gasteiger partial charge in [-0.3, -0.25) is 9.69 Å². The number of nitrogens with zero attached hydrogens (tertiary/aromatic N) is 5. The van der Waals surface area contributed by atoms with Gasteiger partial charge >= 0.3 is 12.3 Å². The molecule has 2 aliphatic heterocycles. The number of hydrogen-bond donors (Lipinski definition) is 0. The predicted molar refractivity (Wildman–Crippen MR) is 152 cm³/mol. The first-order valence-electron chi connectivity index (χ1n) is 13.4. The zero-order chi connectivity index (χ0) is 29.7. The average molecular weight is 586 g/mol. The molecule has 41 heavy (non-hydrogen) atoms. The molecule has 0 aromatic heterocycles. The van der Waals surface area contributed by atoms with Gasteiger partial charge in [-0.2, -0.15) is 18.4 Å². The van der Waals surface area contributed by atoms with Crippen LogP contribution in [0.4, 0.5) is 35.0 Å².